The fourth-order valence-electron chi connectivity index (χ4n) is 2.89. The molecule has 13 nitrogen and oxygen atoms in total. The molecule has 0 saturated heterocycles. The SMILES string of the molecule is COc1ccc(C(N)c2nc3cc(-c4ccnc(N)n4)c(F)cc3[nH]2)cc1.O=C([O-])C(F)(F)F.O=C([O-])C(F)(F)F.O=C([O-])C(F)(F)F. The standard InChI is InChI=1S/C19H17FN6O.3C2HF3O2/c1-27-11-4-2-10(3-5-11)17(21)18-24-15-8-12(13(20)9-16(15)25-18)14-6-7-23-19(22)26-14;3*3-2(4,5)1(6)7/h2-9,17H,21H2,1H3,(H,24,25)(H2,22,23,26);3*(H,6,7)/p-3. The van der Waals surface area contributed by atoms with Crippen LogP contribution in [-0.4, -0.2) is 63.5 Å². The Labute approximate surface area is 259 Å². The molecule has 5 N–H and O–H groups in total. The number of alkyl halides is 9. The lowest BCUT2D eigenvalue weighted by Crippen LogP contribution is -2.37. The number of benzene rings is 2. The van der Waals surface area contributed by atoms with Crippen LogP contribution >= 0.6 is 0 Å². The van der Waals surface area contributed by atoms with Crippen LogP contribution in [0.1, 0.15) is 17.4 Å². The highest BCUT2D eigenvalue weighted by Crippen LogP contribution is 2.28. The summed E-state index contributed by atoms with van der Waals surface area (Å²) < 4.78 is 114. The molecule has 48 heavy (non-hydrogen) atoms. The molecule has 0 bridgehead atoms. The molecule has 0 fully saturated rings. The number of carboxylic acids is 3. The number of imidazole rings is 1. The quantitative estimate of drug-likeness (QED) is 0.249. The van der Waals surface area contributed by atoms with Crippen LogP contribution in [0, 0.1) is 5.82 Å². The number of rotatable bonds is 4. The number of nitrogens with zero attached hydrogens (tertiary/aromatic N) is 3. The number of anilines is 1. The van der Waals surface area contributed by atoms with E-state index in [1.165, 1.54) is 12.3 Å². The molecule has 4 aromatic rings. The number of nitrogens with two attached hydrogens (primary N) is 2. The number of carbonyl (C=O) groups is 3. The van der Waals surface area contributed by atoms with E-state index in [0.717, 1.165) is 11.3 Å². The highest BCUT2D eigenvalue weighted by molar-refractivity contribution is 5.82. The number of hydrogen-bond acceptors (Lipinski definition) is 12. The highest BCUT2D eigenvalue weighted by atomic mass is 19.4. The van der Waals surface area contributed by atoms with Gasteiger partial charge in [-0.05, 0) is 29.8 Å². The Bertz CT molecular complexity index is 1650. The van der Waals surface area contributed by atoms with E-state index in [9.17, 15) is 43.9 Å². The first-order valence-electron chi connectivity index (χ1n) is 11.9. The van der Waals surface area contributed by atoms with Crippen molar-refractivity contribution < 1.29 is 78.3 Å². The maximum atomic E-state index is 14.6. The van der Waals surface area contributed by atoms with Crippen molar-refractivity contribution in [2.75, 3.05) is 12.8 Å². The number of aliphatic carboxylic acids is 3. The third-order valence-electron chi connectivity index (χ3n) is 5.00. The van der Waals surface area contributed by atoms with Crippen molar-refractivity contribution >= 4 is 34.9 Å². The molecule has 2 aromatic heterocycles. The average Bonchev–Trinajstić information content (AvgIpc) is 3.38. The number of ether oxygens (including phenoxy) is 1. The number of carboxylic acid groups (broad SMARTS) is 3. The number of carbonyl (C=O) groups excluding carboxylic acids is 3. The average molecular weight is 703 g/mol. The number of halogens is 10. The second-order valence-corrected chi connectivity index (χ2v) is 8.38. The van der Waals surface area contributed by atoms with Crippen molar-refractivity contribution in [3.8, 4) is 17.0 Å². The van der Waals surface area contributed by atoms with Gasteiger partial charge >= 0.3 is 18.5 Å². The van der Waals surface area contributed by atoms with E-state index in [4.69, 9.17) is 45.9 Å². The maximum absolute atomic E-state index is 14.6. The number of nitrogen functional groups attached to an aromatic ring is 1. The summed E-state index contributed by atoms with van der Waals surface area (Å²) in [5.74, 6) is -8.10. The second kappa shape index (κ2) is 16.2. The molecule has 0 aliphatic carbocycles. The topological polar surface area (TPSA) is 236 Å². The minimum absolute atomic E-state index is 0.0799. The number of aromatic nitrogens is 4. The van der Waals surface area contributed by atoms with Gasteiger partial charge in [0.1, 0.15) is 35.3 Å². The van der Waals surface area contributed by atoms with Crippen molar-refractivity contribution in [3.63, 3.8) is 0 Å². The van der Waals surface area contributed by atoms with Crippen LogP contribution in [0.4, 0.5) is 49.9 Å². The van der Waals surface area contributed by atoms with E-state index in [-0.39, 0.29) is 5.95 Å². The van der Waals surface area contributed by atoms with Crippen molar-refractivity contribution in [1.29, 1.82) is 0 Å². The van der Waals surface area contributed by atoms with Crippen LogP contribution < -0.4 is 31.5 Å². The van der Waals surface area contributed by atoms with Gasteiger partial charge in [-0.3, -0.25) is 0 Å². The fourth-order valence-corrected chi connectivity index (χ4v) is 2.89. The zero-order valence-corrected chi connectivity index (χ0v) is 23.3. The smallest absolute Gasteiger partial charge is 0.430 e. The maximum Gasteiger partial charge on any atom is 0.430 e. The Morgan fingerprint density at radius 1 is 0.812 bits per heavy atom. The Kier molecular flexibility index (Phi) is 13.6. The highest BCUT2D eigenvalue weighted by Gasteiger charge is 2.30. The Balaban J connectivity index is 0.000000448. The van der Waals surface area contributed by atoms with E-state index in [2.05, 4.69) is 19.9 Å². The zero-order chi connectivity index (χ0) is 37.2. The zero-order valence-electron chi connectivity index (χ0n) is 23.3. The van der Waals surface area contributed by atoms with E-state index in [0.29, 0.717) is 28.1 Å². The minimum Gasteiger partial charge on any atom is -0.542 e. The molecular weight excluding hydrogens is 686 g/mol. The van der Waals surface area contributed by atoms with Crippen molar-refractivity contribution in [1.82, 2.24) is 19.9 Å². The molecule has 1 atom stereocenters. The van der Waals surface area contributed by atoms with E-state index >= 15 is 0 Å². The summed E-state index contributed by atoms with van der Waals surface area (Å²) in [5, 5.41) is 26.4. The Morgan fingerprint density at radius 3 is 1.67 bits per heavy atom. The third-order valence-corrected chi connectivity index (χ3v) is 5.00. The summed E-state index contributed by atoms with van der Waals surface area (Å²) in [4.78, 5) is 41.9. The normalized spacial score (nSPS) is 11.8. The minimum atomic E-state index is -5.19. The van der Waals surface area contributed by atoms with E-state index in [1.54, 1.807) is 19.2 Å². The first kappa shape index (κ1) is 40.3. The summed E-state index contributed by atoms with van der Waals surface area (Å²) in [7, 11) is 1.60. The molecule has 4 rings (SSSR count). The number of methoxy groups -OCH3 is 1. The van der Waals surface area contributed by atoms with Crippen LogP contribution in [0.3, 0.4) is 0 Å². The number of aromatic amines is 1. The Morgan fingerprint density at radius 2 is 1.27 bits per heavy atom. The number of H-pyrrole nitrogens is 1. The Hall–Kier alpha value is -5.74. The lowest BCUT2D eigenvalue weighted by atomic mass is 10.1. The van der Waals surface area contributed by atoms with Crippen molar-refractivity contribution in [3.05, 3.63) is 65.9 Å². The van der Waals surface area contributed by atoms with Gasteiger partial charge in [-0.2, -0.15) is 39.5 Å². The van der Waals surface area contributed by atoms with Gasteiger partial charge in [0.15, 0.2) is 0 Å². The molecule has 262 valence electrons. The van der Waals surface area contributed by atoms with Crippen molar-refractivity contribution in [2.24, 2.45) is 5.73 Å². The van der Waals surface area contributed by atoms with Gasteiger partial charge in [0.2, 0.25) is 5.95 Å². The fraction of sp³-hybridized carbons (Fsp3) is 0.200. The van der Waals surface area contributed by atoms with Gasteiger partial charge in [-0.25, -0.2) is 19.3 Å². The molecule has 0 amide bonds. The molecule has 0 aliphatic rings. The monoisotopic (exact) mass is 703 g/mol. The van der Waals surface area contributed by atoms with Crippen LogP contribution in [-0.2, 0) is 14.4 Å². The molecule has 2 heterocycles. The summed E-state index contributed by atoms with van der Waals surface area (Å²) in [6.07, 6.45) is -14.1. The lowest BCUT2D eigenvalue weighted by Gasteiger charge is -2.09. The predicted molar refractivity (Wildman–Crippen MR) is 134 cm³/mol. The molecule has 0 radical (unpaired) electrons. The molecule has 0 spiro atoms. The first-order valence-corrected chi connectivity index (χ1v) is 11.9. The summed E-state index contributed by atoms with van der Waals surface area (Å²) in [5.41, 5.74) is 14.6. The van der Waals surface area contributed by atoms with Gasteiger partial charge in [0, 0.05) is 17.8 Å². The molecule has 2 aromatic carbocycles. The van der Waals surface area contributed by atoms with Crippen LogP contribution in [0.15, 0.2) is 48.7 Å². The summed E-state index contributed by atoms with van der Waals surface area (Å²) in [6.45, 7) is 0. The summed E-state index contributed by atoms with van der Waals surface area (Å²) in [6, 6.07) is 11.5. The molecular formula is C25H17F10N6O7-3. The van der Waals surface area contributed by atoms with Gasteiger partial charge in [0.05, 0.1) is 29.9 Å². The van der Waals surface area contributed by atoms with Crippen molar-refractivity contribution in [2.45, 2.75) is 24.6 Å². The molecule has 0 saturated carbocycles. The molecule has 23 heteroatoms. The van der Waals surface area contributed by atoms with E-state index < -0.39 is 48.3 Å². The van der Waals surface area contributed by atoms with Crippen LogP contribution in [0.2, 0.25) is 0 Å². The molecule has 0 aliphatic heterocycles. The second-order valence-electron chi connectivity index (χ2n) is 8.38. The van der Waals surface area contributed by atoms with Crippen LogP contribution in [0.5, 0.6) is 5.75 Å². The largest absolute Gasteiger partial charge is 0.542 e. The third kappa shape index (κ3) is 12.6. The van der Waals surface area contributed by atoms with Gasteiger partial charge < -0.3 is 50.9 Å². The first-order chi connectivity index (χ1) is 21.9. The van der Waals surface area contributed by atoms with E-state index in [1.807, 2.05) is 24.3 Å². The molecule has 1 unspecified atom stereocenters. The van der Waals surface area contributed by atoms with Gasteiger partial charge in [-0.15, -0.1) is 0 Å². The summed E-state index contributed by atoms with van der Waals surface area (Å²) >= 11 is 0. The number of hydrogen-bond donors (Lipinski definition) is 3. The number of fused-ring (bicyclic) bond motifs is 1. The van der Waals surface area contributed by atoms with Gasteiger partial charge in [-0.1, -0.05) is 12.1 Å². The van der Waals surface area contributed by atoms with Crippen LogP contribution in [0.25, 0.3) is 22.3 Å². The van der Waals surface area contributed by atoms with Gasteiger partial charge in [0.25, 0.3) is 0 Å². The predicted octanol–water partition coefficient (Wildman–Crippen LogP) is 0.694. The lowest BCUT2D eigenvalue weighted by molar-refractivity contribution is -0.344. The number of nitrogens with one attached hydrogen (secondary N) is 1.